The molecule has 6 aromatic rings. The third kappa shape index (κ3) is 16.1. The standard InChI is InChI=1S/C34H40F5N5O3.C32H36F5N5O3/c1-5-47-31(46)21-10-13-42(14-11-21)29-16-23(34(37,38)39)7-6-22(29)18-43-15-12-40-32(43)41-30(45)27-20-44(33(2,3)4)19-26(27)25-9-8-24(35)17-28(25)36;1-31(2,3)42-17-24(23-7-6-22(33)15-26(23)34)25(18-42)28(43)39-30-38-10-13-41(30)16-20-4-5-21(32(35,36)37)14-27(20)40-11-8-19(9-12-40)29(44)45/h6-9,12,15-17,21,26-27H,5,10-11,13-14,18-20H2,1-4H3,(H,40,41,45);4-7,10,13-15,19,24-25H,8-9,11-12,16-18H2,1-3H3,(H,44,45)(H,38,39,43)/t26-,27+;24-,25+/m00/s1. The molecule has 26 heteroatoms. The number of amides is 2. The number of halogens is 10. The fourth-order valence-electron chi connectivity index (χ4n) is 12.7. The second-order valence-electron chi connectivity index (χ2n) is 25.9. The summed E-state index contributed by atoms with van der Waals surface area (Å²) < 4.78 is 148. The van der Waals surface area contributed by atoms with Crippen molar-refractivity contribution in [3.63, 3.8) is 0 Å². The molecular formula is C66H76F10N10O6. The van der Waals surface area contributed by atoms with E-state index in [1.165, 1.54) is 48.8 Å². The van der Waals surface area contributed by atoms with E-state index in [-0.39, 0.29) is 78.8 Å². The average Bonchev–Trinajstić information content (AvgIpc) is 1.52. The first kappa shape index (κ1) is 68.4. The summed E-state index contributed by atoms with van der Waals surface area (Å²) >= 11 is 0. The van der Waals surface area contributed by atoms with Crippen LogP contribution in [0.2, 0.25) is 0 Å². The highest BCUT2D eigenvalue weighted by molar-refractivity contribution is 5.93. The number of piperidine rings is 2. The van der Waals surface area contributed by atoms with Gasteiger partial charge in [-0.15, -0.1) is 0 Å². The molecule has 6 heterocycles. The van der Waals surface area contributed by atoms with E-state index in [9.17, 15) is 68.2 Å². The minimum atomic E-state index is -4.57. The first-order valence-corrected chi connectivity index (χ1v) is 30.6. The molecule has 4 aliphatic heterocycles. The zero-order valence-corrected chi connectivity index (χ0v) is 52.2. The lowest BCUT2D eigenvalue weighted by atomic mass is 9.88. The number of aromatic nitrogens is 4. The minimum absolute atomic E-state index is 0.0801. The van der Waals surface area contributed by atoms with E-state index in [1.54, 1.807) is 33.4 Å². The third-order valence-corrected chi connectivity index (χ3v) is 18.0. The summed E-state index contributed by atoms with van der Waals surface area (Å²) in [6, 6.07) is 13.8. The lowest BCUT2D eigenvalue weighted by molar-refractivity contribution is -0.148. The van der Waals surface area contributed by atoms with Gasteiger partial charge in [-0.3, -0.25) is 39.6 Å². The van der Waals surface area contributed by atoms with Gasteiger partial charge in [-0.1, -0.05) is 24.3 Å². The Kier molecular flexibility index (Phi) is 20.6. The fraction of sp³-hybridized carbons (Fsp3) is 0.485. The number of imidazole rings is 2. The number of aliphatic carboxylic acids is 1. The molecule has 4 aromatic carbocycles. The van der Waals surface area contributed by atoms with Crippen LogP contribution in [-0.4, -0.2) is 128 Å². The average molecular weight is 1300 g/mol. The van der Waals surface area contributed by atoms with E-state index in [4.69, 9.17) is 4.74 Å². The fourth-order valence-corrected chi connectivity index (χ4v) is 12.7. The topological polar surface area (TPSA) is 170 Å². The Hall–Kier alpha value is -8.00. The van der Waals surface area contributed by atoms with Crippen molar-refractivity contribution in [2.24, 2.45) is 23.7 Å². The SMILES string of the molecule is CC(C)(C)N1C[C@@H](C(=O)Nc2nccn2Cc2ccc(C(F)(F)F)cc2N2CCC(C(=O)O)CC2)[C@H](c2ccc(F)cc2F)C1.CCOC(=O)C1CCN(c2cc(C(F)(F)F)ccc2Cn2ccnc2NC(=O)[C@@H]2CN(C(C)(C)C)C[C@H]2c2ccc(F)cc2F)CC1. The number of hydrogen-bond acceptors (Lipinski definition) is 11. The van der Waals surface area contributed by atoms with Crippen LogP contribution in [-0.2, 0) is 49.4 Å². The second kappa shape index (κ2) is 27.7. The largest absolute Gasteiger partial charge is 0.481 e. The van der Waals surface area contributed by atoms with Gasteiger partial charge in [-0.05, 0) is 133 Å². The predicted molar refractivity (Wildman–Crippen MR) is 325 cm³/mol. The van der Waals surface area contributed by atoms with Crippen molar-refractivity contribution < 1.29 is 72.9 Å². The number of benzene rings is 4. The number of likely N-dealkylation sites (tertiary alicyclic amines) is 2. The molecule has 0 saturated carbocycles. The van der Waals surface area contributed by atoms with Crippen LogP contribution in [0, 0.1) is 46.9 Å². The molecule has 0 bridgehead atoms. The van der Waals surface area contributed by atoms with Crippen LogP contribution in [0.15, 0.2) is 97.6 Å². The number of rotatable bonds is 15. The first-order valence-electron chi connectivity index (χ1n) is 30.6. The minimum Gasteiger partial charge on any atom is -0.481 e. The number of carbonyl (C=O) groups is 4. The molecule has 10 rings (SSSR count). The van der Waals surface area contributed by atoms with E-state index in [1.807, 2.05) is 46.4 Å². The van der Waals surface area contributed by atoms with Crippen LogP contribution in [0.5, 0.6) is 0 Å². The van der Waals surface area contributed by atoms with Crippen LogP contribution in [0.4, 0.5) is 67.2 Å². The Morgan fingerprint density at radius 2 is 0.946 bits per heavy atom. The van der Waals surface area contributed by atoms with E-state index < -0.39 is 94.1 Å². The molecule has 0 aliphatic carbocycles. The molecule has 2 aromatic heterocycles. The van der Waals surface area contributed by atoms with Gasteiger partial charge in [0.05, 0.1) is 54.5 Å². The van der Waals surface area contributed by atoms with Gasteiger partial charge in [0.25, 0.3) is 0 Å². The quantitative estimate of drug-likeness (QED) is 0.0658. The summed E-state index contributed by atoms with van der Waals surface area (Å²) in [7, 11) is 0. The van der Waals surface area contributed by atoms with Crippen molar-refractivity contribution in [2.75, 3.05) is 79.4 Å². The van der Waals surface area contributed by atoms with Gasteiger partial charge in [0.15, 0.2) is 0 Å². The van der Waals surface area contributed by atoms with Crippen LogP contribution >= 0.6 is 0 Å². The Balaban J connectivity index is 0.000000218. The lowest BCUT2D eigenvalue weighted by Crippen LogP contribution is -2.40. The summed E-state index contributed by atoms with van der Waals surface area (Å²) in [6.45, 7) is 16.9. The van der Waals surface area contributed by atoms with Gasteiger partial charge in [-0.25, -0.2) is 27.5 Å². The smallest absolute Gasteiger partial charge is 0.416 e. The number of nitrogens with one attached hydrogen (secondary N) is 2. The second-order valence-corrected chi connectivity index (χ2v) is 25.9. The molecule has 496 valence electrons. The zero-order valence-electron chi connectivity index (χ0n) is 52.2. The number of alkyl halides is 6. The predicted octanol–water partition coefficient (Wildman–Crippen LogP) is 12.4. The summed E-state index contributed by atoms with van der Waals surface area (Å²) in [5, 5.41) is 15.1. The van der Waals surface area contributed by atoms with Crippen LogP contribution in [0.1, 0.15) is 119 Å². The number of carbonyl (C=O) groups excluding carboxylic acids is 3. The molecule has 0 spiro atoms. The van der Waals surface area contributed by atoms with Crippen molar-refractivity contribution in [3.8, 4) is 0 Å². The van der Waals surface area contributed by atoms with Gasteiger partial charge < -0.3 is 28.8 Å². The zero-order chi connectivity index (χ0) is 66.8. The molecule has 0 radical (unpaired) electrons. The number of hydrogen-bond donors (Lipinski definition) is 3. The first-order chi connectivity index (χ1) is 43.3. The summed E-state index contributed by atoms with van der Waals surface area (Å²) in [6.07, 6.45) is -1.44. The Labute approximate surface area is 526 Å². The molecule has 4 saturated heterocycles. The summed E-state index contributed by atoms with van der Waals surface area (Å²) in [4.78, 5) is 67.6. The number of ether oxygens (including phenoxy) is 1. The van der Waals surface area contributed by atoms with Crippen molar-refractivity contribution in [1.82, 2.24) is 28.9 Å². The number of anilines is 4. The Morgan fingerprint density at radius 3 is 1.29 bits per heavy atom. The van der Waals surface area contributed by atoms with Crippen molar-refractivity contribution in [3.05, 3.63) is 154 Å². The maximum atomic E-state index is 14.9. The molecule has 3 N–H and O–H groups in total. The number of esters is 1. The van der Waals surface area contributed by atoms with Crippen molar-refractivity contribution in [2.45, 2.75) is 123 Å². The van der Waals surface area contributed by atoms with E-state index in [2.05, 4.69) is 30.4 Å². The lowest BCUT2D eigenvalue weighted by Gasteiger charge is -2.34. The highest BCUT2D eigenvalue weighted by Gasteiger charge is 2.45. The molecule has 2 amide bonds. The normalized spacial score (nSPS) is 19.8. The van der Waals surface area contributed by atoms with Gasteiger partial charge in [0.1, 0.15) is 23.3 Å². The Morgan fingerprint density at radius 1 is 0.554 bits per heavy atom. The molecular weight excluding hydrogens is 1220 g/mol. The molecule has 16 nitrogen and oxygen atoms in total. The molecule has 0 unspecified atom stereocenters. The van der Waals surface area contributed by atoms with Gasteiger partial charge >= 0.3 is 24.3 Å². The molecule has 4 aliphatic rings. The molecule has 4 fully saturated rings. The van der Waals surface area contributed by atoms with Crippen molar-refractivity contribution in [1.29, 1.82) is 0 Å². The molecule has 92 heavy (non-hydrogen) atoms. The highest BCUT2D eigenvalue weighted by Crippen LogP contribution is 2.42. The highest BCUT2D eigenvalue weighted by atomic mass is 19.4. The summed E-state index contributed by atoms with van der Waals surface area (Å²) in [5.41, 5.74) is 0.0984. The van der Waals surface area contributed by atoms with E-state index >= 15 is 0 Å². The van der Waals surface area contributed by atoms with Crippen LogP contribution < -0.4 is 20.4 Å². The molecule has 4 atom stereocenters. The van der Waals surface area contributed by atoms with E-state index in [0.717, 1.165) is 36.4 Å². The number of carboxylic acid groups (broad SMARTS) is 1. The maximum absolute atomic E-state index is 14.9. The third-order valence-electron chi connectivity index (χ3n) is 18.0. The van der Waals surface area contributed by atoms with Gasteiger partial charge in [-0.2, -0.15) is 26.3 Å². The van der Waals surface area contributed by atoms with E-state index in [0.29, 0.717) is 87.5 Å². The van der Waals surface area contributed by atoms with Crippen molar-refractivity contribution >= 4 is 47.0 Å². The van der Waals surface area contributed by atoms with Crippen LogP contribution in [0.25, 0.3) is 0 Å². The summed E-state index contributed by atoms with van der Waals surface area (Å²) in [5.74, 6) is -7.85. The van der Waals surface area contributed by atoms with Gasteiger partial charge in [0.2, 0.25) is 23.7 Å². The monoisotopic (exact) mass is 1290 g/mol. The van der Waals surface area contributed by atoms with Gasteiger partial charge in [0, 0.05) is 124 Å². The maximum Gasteiger partial charge on any atom is 0.416 e. The number of nitrogens with zero attached hydrogens (tertiary/aromatic N) is 8. The number of carboxylic acids is 1. The van der Waals surface area contributed by atoms with Crippen LogP contribution in [0.3, 0.4) is 0 Å². The Bertz CT molecular complexity index is 3620.